The molecule has 0 aliphatic carbocycles. The Kier molecular flexibility index (Phi) is 4.09. The Balaban J connectivity index is 2.46. The highest BCUT2D eigenvalue weighted by atomic mass is 19.1. The number of hydrogen-bond donors (Lipinski definition) is 1. The Morgan fingerprint density at radius 3 is 2.15 bits per heavy atom. The third-order valence-corrected chi connectivity index (χ3v) is 3.50. The molecule has 0 fully saturated rings. The lowest BCUT2D eigenvalue weighted by atomic mass is 9.92. The maximum absolute atomic E-state index is 13.8. The molecule has 0 bridgehead atoms. The molecule has 0 aliphatic rings. The fourth-order valence-electron chi connectivity index (χ4n) is 2.64. The molecular formula is C17H19FO2. The number of methoxy groups -OCH3 is 1. The number of ether oxygens (including phenoxy) is 1. The molecule has 0 saturated carbocycles. The molecule has 20 heavy (non-hydrogen) atoms. The van der Waals surface area contributed by atoms with Gasteiger partial charge in [-0.25, -0.2) is 4.39 Å². The van der Waals surface area contributed by atoms with Crippen molar-refractivity contribution < 1.29 is 14.2 Å². The molecule has 2 nitrogen and oxygen atoms in total. The molecule has 1 N–H and O–H groups in total. The lowest BCUT2D eigenvalue weighted by Crippen LogP contribution is -2.06. The highest BCUT2D eigenvalue weighted by Crippen LogP contribution is 2.30. The van der Waals surface area contributed by atoms with E-state index in [1.165, 1.54) is 19.2 Å². The molecule has 2 rings (SSSR count). The predicted octanol–water partition coefficient (Wildman–Crippen LogP) is 3.84. The van der Waals surface area contributed by atoms with Gasteiger partial charge in [-0.15, -0.1) is 0 Å². The van der Waals surface area contributed by atoms with Gasteiger partial charge in [-0.3, -0.25) is 0 Å². The molecule has 0 heterocycles. The third kappa shape index (κ3) is 2.68. The number of aryl methyl sites for hydroxylation is 3. The van der Waals surface area contributed by atoms with Crippen LogP contribution < -0.4 is 4.74 Å². The second-order valence-corrected chi connectivity index (χ2v) is 5.11. The van der Waals surface area contributed by atoms with Crippen molar-refractivity contribution in [1.82, 2.24) is 0 Å². The summed E-state index contributed by atoms with van der Waals surface area (Å²) >= 11 is 0. The minimum absolute atomic E-state index is 0.179. The molecule has 2 aromatic carbocycles. The van der Waals surface area contributed by atoms with Gasteiger partial charge < -0.3 is 9.84 Å². The van der Waals surface area contributed by atoms with E-state index in [1.54, 1.807) is 6.07 Å². The van der Waals surface area contributed by atoms with Crippen molar-refractivity contribution in [3.05, 3.63) is 64.0 Å². The van der Waals surface area contributed by atoms with E-state index in [1.807, 2.05) is 32.9 Å². The molecule has 2 aromatic rings. The summed E-state index contributed by atoms with van der Waals surface area (Å²) in [5.41, 5.74) is 4.52. The van der Waals surface area contributed by atoms with Crippen molar-refractivity contribution in [3.63, 3.8) is 0 Å². The van der Waals surface area contributed by atoms with Crippen LogP contribution in [0, 0.1) is 26.6 Å². The van der Waals surface area contributed by atoms with Crippen LogP contribution in [0.2, 0.25) is 0 Å². The lowest BCUT2D eigenvalue weighted by Gasteiger charge is -2.18. The van der Waals surface area contributed by atoms with Gasteiger partial charge in [0, 0.05) is 0 Å². The highest BCUT2D eigenvalue weighted by Gasteiger charge is 2.17. The van der Waals surface area contributed by atoms with Crippen molar-refractivity contribution in [2.24, 2.45) is 0 Å². The van der Waals surface area contributed by atoms with Crippen LogP contribution >= 0.6 is 0 Å². The summed E-state index contributed by atoms with van der Waals surface area (Å²) in [5, 5.41) is 10.5. The van der Waals surface area contributed by atoms with Crippen molar-refractivity contribution in [3.8, 4) is 5.75 Å². The van der Waals surface area contributed by atoms with Gasteiger partial charge in [0.15, 0.2) is 11.6 Å². The minimum atomic E-state index is -0.837. The van der Waals surface area contributed by atoms with E-state index in [4.69, 9.17) is 4.74 Å². The fourth-order valence-corrected chi connectivity index (χ4v) is 2.64. The number of hydrogen-bond acceptors (Lipinski definition) is 2. The van der Waals surface area contributed by atoms with Gasteiger partial charge in [0.25, 0.3) is 0 Å². The van der Waals surface area contributed by atoms with Crippen molar-refractivity contribution in [2.75, 3.05) is 7.11 Å². The molecule has 0 radical (unpaired) electrons. The van der Waals surface area contributed by atoms with Gasteiger partial charge >= 0.3 is 0 Å². The molecule has 1 atom stereocenters. The van der Waals surface area contributed by atoms with E-state index in [0.29, 0.717) is 5.56 Å². The second kappa shape index (κ2) is 5.63. The molecule has 3 heteroatoms. The predicted molar refractivity (Wildman–Crippen MR) is 77.7 cm³/mol. The van der Waals surface area contributed by atoms with Crippen LogP contribution in [0.4, 0.5) is 4.39 Å². The van der Waals surface area contributed by atoms with Crippen molar-refractivity contribution in [2.45, 2.75) is 26.9 Å². The number of halogens is 1. The van der Waals surface area contributed by atoms with E-state index < -0.39 is 11.9 Å². The molecular weight excluding hydrogens is 255 g/mol. The molecule has 106 valence electrons. The molecule has 0 saturated heterocycles. The number of aliphatic hydroxyl groups is 1. The summed E-state index contributed by atoms with van der Waals surface area (Å²) < 4.78 is 18.6. The Hall–Kier alpha value is -1.87. The SMILES string of the molecule is COc1ccc(C(O)c2c(C)cc(C)cc2C)cc1F. The summed E-state index contributed by atoms with van der Waals surface area (Å²) in [4.78, 5) is 0. The first kappa shape index (κ1) is 14.5. The Labute approximate surface area is 118 Å². The molecule has 0 aliphatic heterocycles. The first-order valence-electron chi connectivity index (χ1n) is 6.53. The molecule has 0 spiro atoms. The van der Waals surface area contributed by atoms with Crippen LogP contribution in [0.3, 0.4) is 0 Å². The monoisotopic (exact) mass is 274 g/mol. The number of aliphatic hydroxyl groups excluding tert-OH is 1. The van der Waals surface area contributed by atoms with Gasteiger partial charge in [0.1, 0.15) is 6.10 Å². The number of benzene rings is 2. The van der Waals surface area contributed by atoms with Crippen LogP contribution in [-0.2, 0) is 0 Å². The van der Waals surface area contributed by atoms with Crippen molar-refractivity contribution in [1.29, 1.82) is 0 Å². The van der Waals surface area contributed by atoms with Gasteiger partial charge in [0.05, 0.1) is 7.11 Å². The highest BCUT2D eigenvalue weighted by molar-refractivity contribution is 5.44. The fraction of sp³-hybridized carbons (Fsp3) is 0.294. The molecule has 0 aromatic heterocycles. The maximum Gasteiger partial charge on any atom is 0.165 e. The first-order valence-corrected chi connectivity index (χ1v) is 6.53. The van der Waals surface area contributed by atoms with Crippen LogP contribution in [0.25, 0.3) is 0 Å². The first-order chi connectivity index (χ1) is 9.43. The zero-order valence-corrected chi connectivity index (χ0v) is 12.2. The second-order valence-electron chi connectivity index (χ2n) is 5.11. The van der Waals surface area contributed by atoms with Gasteiger partial charge in [-0.2, -0.15) is 0 Å². The normalized spacial score (nSPS) is 12.3. The standard InChI is InChI=1S/C17H19FO2/c1-10-7-11(2)16(12(3)8-10)17(19)13-5-6-15(20-4)14(18)9-13/h5-9,17,19H,1-4H3. The van der Waals surface area contributed by atoms with Crippen LogP contribution in [-0.4, -0.2) is 12.2 Å². The van der Waals surface area contributed by atoms with Crippen LogP contribution in [0.15, 0.2) is 30.3 Å². The lowest BCUT2D eigenvalue weighted by molar-refractivity contribution is 0.218. The summed E-state index contributed by atoms with van der Waals surface area (Å²) in [7, 11) is 1.42. The van der Waals surface area contributed by atoms with Crippen molar-refractivity contribution >= 4 is 0 Å². The Morgan fingerprint density at radius 1 is 1.05 bits per heavy atom. The van der Waals surface area contributed by atoms with Gasteiger partial charge in [-0.1, -0.05) is 23.8 Å². The van der Waals surface area contributed by atoms with E-state index >= 15 is 0 Å². The van der Waals surface area contributed by atoms with E-state index in [0.717, 1.165) is 22.3 Å². The summed E-state index contributed by atoms with van der Waals surface area (Å²) in [6.45, 7) is 5.93. The largest absolute Gasteiger partial charge is 0.494 e. The maximum atomic E-state index is 13.8. The van der Waals surface area contributed by atoms with Gasteiger partial charge in [0.2, 0.25) is 0 Å². The zero-order valence-electron chi connectivity index (χ0n) is 12.2. The number of rotatable bonds is 3. The Morgan fingerprint density at radius 2 is 1.65 bits per heavy atom. The van der Waals surface area contributed by atoms with Crippen LogP contribution in [0.1, 0.15) is 33.9 Å². The average molecular weight is 274 g/mol. The molecule has 0 amide bonds. The molecule has 1 unspecified atom stereocenters. The smallest absolute Gasteiger partial charge is 0.165 e. The van der Waals surface area contributed by atoms with E-state index in [-0.39, 0.29) is 5.75 Å². The van der Waals surface area contributed by atoms with Gasteiger partial charge in [-0.05, 0) is 55.2 Å². The zero-order chi connectivity index (χ0) is 14.9. The minimum Gasteiger partial charge on any atom is -0.494 e. The quantitative estimate of drug-likeness (QED) is 0.921. The average Bonchev–Trinajstić information content (AvgIpc) is 2.37. The Bertz CT molecular complexity index is 612. The summed E-state index contributed by atoms with van der Waals surface area (Å²) in [5.74, 6) is -0.287. The topological polar surface area (TPSA) is 29.5 Å². The summed E-state index contributed by atoms with van der Waals surface area (Å²) in [6.07, 6.45) is -0.837. The third-order valence-electron chi connectivity index (χ3n) is 3.50. The van der Waals surface area contributed by atoms with Crippen LogP contribution in [0.5, 0.6) is 5.75 Å². The summed E-state index contributed by atoms with van der Waals surface area (Å²) in [6, 6.07) is 8.58. The van der Waals surface area contributed by atoms with E-state index in [2.05, 4.69) is 0 Å². The van der Waals surface area contributed by atoms with E-state index in [9.17, 15) is 9.50 Å².